The van der Waals surface area contributed by atoms with Crippen LogP contribution in [-0.2, 0) is 9.53 Å². The highest BCUT2D eigenvalue weighted by atomic mass is 35.5. The number of amides is 2. The van der Waals surface area contributed by atoms with Gasteiger partial charge in [0.1, 0.15) is 5.75 Å². The molecule has 0 aliphatic rings. The molecule has 0 atom stereocenters. The van der Waals surface area contributed by atoms with Crippen LogP contribution < -0.4 is 15.6 Å². The lowest BCUT2D eigenvalue weighted by atomic mass is 10.2. The molecule has 2 amide bonds. The first-order valence-corrected chi connectivity index (χ1v) is 8.62. The van der Waals surface area contributed by atoms with E-state index in [2.05, 4.69) is 10.9 Å². The molecular formula is C19H19ClN2O5. The van der Waals surface area contributed by atoms with Crippen LogP contribution in [0.1, 0.15) is 34.1 Å². The lowest BCUT2D eigenvalue weighted by Gasteiger charge is -2.10. The van der Waals surface area contributed by atoms with Crippen molar-refractivity contribution in [2.75, 3.05) is 13.2 Å². The zero-order valence-electron chi connectivity index (χ0n) is 14.7. The van der Waals surface area contributed by atoms with Gasteiger partial charge in [0.25, 0.3) is 11.8 Å². The largest absolute Gasteiger partial charge is 0.484 e. The van der Waals surface area contributed by atoms with Crippen LogP contribution >= 0.6 is 11.6 Å². The lowest BCUT2D eigenvalue weighted by Crippen LogP contribution is -2.43. The van der Waals surface area contributed by atoms with Crippen molar-refractivity contribution in [2.45, 2.75) is 13.3 Å². The maximum atomic E-state index is 11.9. The van der Waals surface area contributed by atoms with Crippen molar-refractivity contribution in [1.29, 1.82) is 0 Å². The van der Waals surface area contributed by atoms with Gasteiger partial charge >= 0.3 is 5.97 Å². The molecule has 8 heteroatoms. The molecule has 27 heavy (non-hydrogen) atoms. The molecule has 0 saturated heterocycles. The van der Waals surface area contributed by atoms with Gasteiger partial charge in [-0.05, 0) is 42.8 Å². The summed E-state index contributed by atoms with van der Waals surface area (Å²) in [5.74, 6) is -1.11. The molecule has 7 nitrogen and oxygen atoms in total. The normalized spacial score (nSPS) is 10.0. The van der Waals surface area contributed by atoms with Gasteiger partial charge in [0.05, 0.1) is 22.8 Å². The summed E-state index contributed by atoms with van der Waals surface area (Å²) in [6.45, 7) is 1.95. The third-order valence-corrected chi connectivity index (χ3v) is 3.66. The van der Waals surface area contributed by atoms with Crippen LogP contribution in [0.4, 0.5) is 0 Å². The van der Waals surface area contributed by atoms with Gasteiger partial charge in [0.2, 0.25) is 0 Å². The first-order chi connectivity index (χ1) is 13.0. The average molecular weight is 391 g/mol. The van der Waals surface area contributed by atoms with Crippen LogP contribution in [0.3, 0.4) is 0 Å². The lowest BCUT2D eigenvalue weighted by molar-refractivity contribution is -0.123. The molecule has 0 aliphatic heterocycles. The number of carbonyl (C=O) groups excluding carboxylic acids is 3. The average Bonchev–Trinajstić information content (AvgIpc) is 2.69. The van der Waals surface area contributed by atoms with Gasteiger partial charge in [0.15, 0.2) is 6.61 Å². The Morgan fingerprint density at radius 2 is 1.70 bits per heavy atom. The van der Waals surface area contributed by atoms with Crippen molar-refractivity contribution in [1.82, 2.24) is 10.9 Å². The van der Waals surface area contributed by atoms with Crippen molar-refractivity contribution in [3.8, 4) is 5.75 Å². The summed E-state index contributed by atoms with van der Waals surface area (Å²) in [6, 6.07) is 12.7. The number of hydrogen-bond donors (Lipinski definition) is 2. The molecular weight excluding hydrogens is 372 g/mol. The summed E-state index contributed by atoms with van der Waals surface area (Å²) in [5.41, 5.74) is 5.13. The number of carbonyl (C=O) groups is 3. The van der Waals surface area contributed by atoms with E-state index in [0.29, 0.717) is 17.9 Å². The van der Waals surface area contributed by atoms with E-state index in [9.17, 15) is 14.4 Å². The number of hydrazine groups is 1. The third kappa shape index (κ3) is 6.31. The SMILES string of the molecule is CCCOC(=O)c1ccc(OCC(=O)NNC(=O)c2ccccc2Cl)cc1. The van der Waals surface area contributed by atoms with E-state index >= 15 is 0 Å². The zero-order valence-corrected chi connectivity index (χ0v) is 15.4. The summed E-state index contributed by atoms with van der Waals surface area (Å²) in [4.78, 5) is 35.4. The van der Waals surface area contributed by atoms with E-state index in [0.717, 1.165) is 6.42 Å². The Morgan fingerprint density at radius 3 is 2.37 bits per heavy atom. The number of rotatable bonds is 7. The van der Waals surface area contributed by atoms with E-state index in [1.165, 1.54) is 6.07 Å². The second kappa shape index (κ2) is 10.2. The van der Waals surface area contributed by atoms with Crippen LogP contribution in [0.5, 0.6) is 5.75 Å². The summed E-state index contributed by atoms with van der Waals surface area (Å²) < 4.78 is 10.3. The molecule has 2 aromatic carbocycles. The number of nitrogens with one attached hydrogen (secondary N) is 2. The maximum Gasteiger partial charge on any atom is 0.338 e. The smallest absolute Gasteiger partial charge is 0.338 e. The van der Waals surface area contributed by atoms with E-state index < -0.39 is 17.8 Å². The molecule has 0 fully saturated rings. The van der Waals surface area contributed by atoms with Gasteiger partial charge in [0, 0.05) is 0 Å². The second-order valence-corrected chi connectivity index (χ2v) is 5.84. The van der Waals surface area contributed by atoms with Gasteiger partial charge in [-0.3, -0.25) is 20.4 Å². The topological polar surface area (TPSA) is 93.7 Å². The zero-order chi connectivity index (χ0) is 19.6. The minimum atomic E-state index is -0.554. The van der Waals surface area contributed by atoms with Crippen molar-refractivity contribution < 1.29 is 23.9 Å². The quantitative estimate of drug-likeness (QED) is 0.560. The monoisotopic (exact) mass is 390 g/mol. The molecule has 142 valence electrons. The van der Waals surface area contributed by atoms with E-state index in [1.807, 2.05) is 6.92 Å². The second-order valence-electron chi connectivity index (χ2n) is 5.43. The number of esters is 1. The number of halogens is 1. The minimum Gasteiger partial charge on any atom is -0.484 e. The van der Waals surface area contributed by atoms with E-state index in [-0.39, 0.29) is 17.2 Å². The first kappa shape index (κ1) is 20.3. The fraction of sp³-hybridized carbons (Fsp3) is 0.211. The van der Waals surface area contributed by atoms with Gasteiger partial charge in [-0.1, -0.05) is 30.7 Å². The molecule has 0 unspecified atom stereocenters. The number of ether oxygens (including phenoxy) is 2. The summed E-state index contributed by atoms with van der Waals surface area (Å²) in [7, 11) is 0. The summed E-state index contributed by atoms with van der Waals surface area (Å²) >= 11 is 5.91. The Hall–Kier alpha value is -3.06. The highest BCUT2D eigenvalue weighted by Gasteiger charge is 2.11. The Labute approximate surface area is 161 Å². The van der Waals surface area contributed by atoms with Crippen LogP contribution in [-0.4, -0.2) is 31.0 Å². The van der Waals surface area contributed by atoms with Crippen molar-refractivity contribution in [3.63, 3.8) is 0 Å². The van der Waals surface area contributed by atoms with Crippen LogP contribution in [0.15, 0.2) is 48.5 Å². The molecule has 0 radical (unpaired) electrons. The molecule has 0 aliphatic carbocycles. The maximum absolute atomic E-state index is 11.9. The predicted molar refractivity (Wildman–Crippen MR) is 99.6 cm³/mol. The standard InChI is InChI=1S/C19H19ClN2O5/c1-2-11-26-19(25)13-7-9-14(10-8-13)27-12-17(23)21-22-18(24)15-5-3-4-6-16(15)20/h3-10H,2,11-12H2,1H3,(H,21,23)(H,22,24). The van der Waals surface area contributed by atoms with Crippen LogP contribution in [0, 0.1) is 0 Å². The van der Waals surface area contributed by atoms with Gasteiger partial charge in [-0.15, -0.1) is 0 Å². The molecule has 0 spiro atoms. The fourth-order valence-electron chi connectivity index (χ4n) is 1.99. The van der Waals surface area contributed by atoms with E-state index in [4.69, 9.17) is 21.1 Å². The molecule has 2 N–H and O–H groups in total. The molecule has 0 aromatic heterocycles. The Kier molecular flexibility index (Phi) is 7.63. The molecule has 0 bridgehead atoms. The Bertz CT molecular complexity index is 808. The third-order valence-electron chi connectivity index (χ3n) is 3.33. The molecule has 2 rings (SSSR count). The summed E-state index contributed by atoms with van der Waals surface area (Å²) in [6.07, 6.45) is 0.745. The predicted octanol–water partition coefficient (Wildman–Crippen LogP) is 2.75. The number of benzene rings is 2. The van der Waals surface area contributed by atoms with Crippen molar-refractivity contribution >= 4 is 29.4 Å². The highest BCUT2D eigenvalue weighted by Crippen LogP contribution is 2.14. The van der Waals surface area contributed by atoms with Crippen LogP contribution in [0.25, 0.3) is 0 Å². The van der Waals surface area contributed by atoms with Gasteiger partial charge in [-0.2, -0.15) is 0 Å². The molecule has 0 heterocycles. The van der Waals surface area contributed by atoms with Crippen molar-refractivity contribution in [3.05, 3.63) is 64.7 Å². The summed E-state index contributed by atoms with van der Waals surface area (Å²) in [5, 5.41) is 0.276. The molecule has 0 saturated carbocycles. The molecule has 2 aromatic rings. The van der Waals surface area contributed by atoms with E-state index in [1.54, 1.807) is 42.5 Å². The number of hydrogen-bond acceptors (Lipinski definition) is 5. The van der Waals surface area contributed by atoms with Crippen LogP contribution in [0.2, 0.25) is 5.02 Å². The first-order valence-electron chi connectivity index (χ1n) is 8.25. The van der Waals surface area contributed by atoms with Crippen molar-refractivity contribution in [2.24, 2.45) is 0 Å². The fourth-order valence-corrected chi connectivity index (χ4v) is 2.21. The minimum absolute atomic E-state index is 0.242. The highest BCUT2D eigenvalue weighted by molar-refractivity contribution is 6.33. The van der Waals surface area contributed by atoms with Gasteiger partial charge < -0.3 is 9.47 Å². The Balaban J connectivity index is 1.77. The Morgan fingerprint density at radius 1 is 1.00 bits per heavy atom. The van der Waals surface area contributed by atoms with Gasteiger partial charge in [-0.25, -0.2) is 4.79 Å².